The van der Waals surface area contributed by atoms with Crippen molar-refractivity contribution in [3.63, 3.8) is 0 Å². The Morgan fingerprint density at radius 1 is 1.13 bits per heavy atom. The number of benzene rings is 1. The third-order valence-electron chi connectivity index (χ3n) is 4.91. The number of carbonyl (C=O) groups is 1. The van der Waals surface area contributed by atoms with Gasteiger partial charge in [0, 0.05) is 25.6 Å². The van der Waals surface area contributed by atoms with Crippen LogP contribution in [0.2, 0.25) is 0 Å². The molecule has 1 aliphatic rings. The van der Waals surface area contributed by atoms with Crippen molar-refractivity contribution in [1.29, 1.82) is 0 Å². The summed E-state index contributed by atoms with van der Waals surface area (Å²) in [7, 11) is 2.01. The number of carbonyl (C=O) groups excluding carboxylic acids is 1. The first kappa shape index (κ1) is 20.0. The first-order valence-corrected chi connectivity index (χ1v) is 8.56. The highest BCUT2D eigenvalue weighted by Crippen LogP contribution is 2.23. The number of hydrogen-bond donors (Lipinski definition) is 1. The number of amides is 1. The van der Waals surface area contributed by atoms with Gasteiger partial charge in [0.25, 0.3) is 0 Å². The lowest BCUT2D eigenvalue weighted by molar-refractivity contribution is -0.132. The third kappa shape index (κ3) is 5.50. The summed E-state index contributed by atoms with van der Waals surface area (Å²) >= 11 is 0. The molecule has 0 radical (unpaired) electrons. The average molecular weight is 339 g/mol. The van der Waals surface area contributed by atoms with Crippen molar-refractivity contribution in [3.8, 4) is 0 Å². The van der Waals surface area contributed by atoms with E-state index in [1.165, 1.54) is 11.1 Å². The largest absolute Gasteiger partial charge is 0.343 e. The molecule has 1 N–H and O–H groups in total. The standard InChI is InChI=1S/C19H30N2O.ClH/c1-14(2)16-5-7-17(8-6-16)15(3)13-19(22)21-11-9-18(20-4)10-12-21;/h5-8,14-15,18,20H,9-13H2,1-4H3;1H. The molecular formula is C19H31ClN2O. The second kappa shape index (κ2) is 9.29. The maximum Gasteiger partial charge on any atom is 0.223 e. The van der Waals surface area contributed by atoms with Crippen LogP contribution >= 0.6 is 12.4 Å². The van der Waals surface area contributed by atoms with E-state index in [-0.39, 0.29) is 18.3 Å². The molecule has 4 heteroatoms. The molecular weight excluding hydrogens is 308 g/mol. The van der Waals surface area contributed by atoms with Crippen molar-refractivity contribution < 1.29 is 4.79 Å². The van der Waals surface area contributed by atoms with Crippen LogP contribution < -0.4 is 5.32 Å². The molecule has 1 saturated heterocycles. The molecule has 1 atom stereocenters. The number of hydrogen-bond acceptors (Lipinski definition) is 2. The van der Waals surface area contributed by atoms with E-state index in [9.17, 15) is 4.79 Å². The highest BCUT2D eigenvalue weighted by atomic mass is 35.5. The topological polar surface area (TPSA) is 32.3 Å². The Morgan fingerprint density at radius 2 is 1.65 bits per heavy atom. The van der Waals surface area contributed by atoms with Crippen LogP contribution in [0.25, 0.3) is 0 Å². The van der Waals surface area contributed by atoms with Gasteiger partial charge in [-0.3, -0.25) is 4.79 Å². The third-order valence-corrected chi connectivity index (χ3v) is 4.91. The van der Waals surface area contributed by atoms with Crippen molar-refractivity contribution in [3.05, 3.63) is 35.4 Å². The van der Waals surface area contributed by atoms with Gasteiger partial charge in [0.1, 0.15) is 0 Å². The number of halogens is 1. The fourth-order valence-corrected chi connectivity index (χ4v) is 3.14. The van der Waals surface area contributed by atoms with Gasteiger partial charge >= 0.3 is 0 Å². The second-order valence-electron chi connectivity index (χ2n) is 6.87. The van der Waals surface area contributed by atoms with Crippen molar-refractivity contribution >= 4 is 18.3 Å². The highest BCUT2D eigenvalue weighted by Gasteiger charge is 2.23. The Hall–Kier alpha value is -1.06. The Balaban J connectivity index is 0.00000264. The van der Waals surface area contributed by atoms with E-state index in [0.29, 0.717) is 24.3 Å². The molecule has 2 rings (SSSR count). The Morgan fingerprint density at radius 3 is 2.13 bits per heavy atom. The quantitative estimate of drug-likeness (QED) is 0.882. The summed E-state index contributed by atoms with van der Waals surface area (Å²) in [6.45, 7) is 8.35. The maximum absolute atomic E-state index is 12.5. The van der Waals surface area contributed by atoms with E-state index in [2.05, 4.69) is 50.4 Å². The fourth-order valence-electron chi connectivity index (χ4n) is 3.14. The van der Waals surface area contributed by atoms with Crippen LogP contribution in [0.4, 0.5) is 0 Å². The molecule has 1 aliphatic heterocycles. The zero-order chi connectivity index (χ0) is 16.1. The Bertz CT molecular complexity index is 479. The van der Waals surface area contributed by atoms with Gasteiger partial charge in [-0.1, -0.05) is 45.0 Å². The number of rotatable bonds is 5. The average Bonchev–Trinajstić information content (AvgIpc) is 2.54. The Labute approximate surface area is 147 Å². The van der Waals surface area contributed by atoms with Crippen LogP contribution in [0.1, 0.15) is 63.0 Å². The zero-order valence-electron chi connectivity index (χ0n) is 14.8. The van der Waals surface area contributed by atoms with Gasteiger partial charge in [-0.15, -0.1) is 12.4 Å². The van der Waals surface area contributed by atoms with Crippen molar-refractivity contribution in [2.75, 3.05) is 20.1 Å². The monoisotopic (exact) mass is 338 g/mol. The number of nitrogens with zero attached hydrogens (tertiary/aromatic N) is 1. The van der Waals surface area contributed by atoms with Crippen LogP contribution in [0, 0.1) is 0 Å². The molecule has 130 valence electrons. The molecule has 3 nitrogen and oxygen atoms in total. The normalized spacial score (nSPS) is 17.0. The van der Waals surface area contributed by atoms with E-state index in [1.807, 2.05) is 11.9 Å². The number of piperidine rings is 1. The molecule has 0 saturated carbocycles. The molecule has 0 bridgehead atoms. The van der Waals surface area contributed by atoms with Crippen LogP contribution in [-0.2, 0) is 4.79 Å². The lowest BCUT2D eigenvalue weighted by atomic mass is 9.93. The summed E-state index contributed by atoms with van der Waals surface area (Å²) < 4.78 is 0. The van der Waals surface area contributed by atoms with E-state index in [4.69, 9.17) is 0 Å². The Kier molecular flexibility index (Phi) is 8.07. The fraction of sp³-hybridized carbons (Fsp3) is 0.632. The second-order valence-corrected chi connectivity index (χ2v) is 6.87. The van der Waals surface area contributed by atoms with Crippen molar-refractivity contribution in [2.24, 2.45) is 0 Å². The summed E-state index contributed by atoms with van der Waals surface area (Å²) in [5.74, 6) is 1.14. The van der Waals surface area contributed by atoms with Gasteiger partial charge < -0.3 is 10.2 Å². The number of nitrogens with one attached hydrogen (secondary N) is 1. The van der Waals surface area contributed by atoms with Crippen LogP contribution in [0.3, 0.4) is 0 Å². The summed E-state index contributed by atoms with van der Waals surface area (Å²) in [5, 5.41) is 3.31. The zero-order valence-corrected chi connectivity index (χ0v) is 15.7. The van der Waals surface area contributed by atoms with Gasteiger partial charge in [0.05, 0.1) is 0 Å². The van der Waals surface area contributed by atoms with Crippen LogP contribution in [0.15, 0.2) is 24.3 Å². The minimum atomic E-state index is 0. The highest BCUT2D eigenvalue weighted by molar-refractivity contribution is 5.85. The molecule has 1 aromatic carbocycles. The van der Waals surface area contributed by atoms with Gasteiger partial charge in [-0.25, -0.2) is 0 Å². The summed E-state index contributed by atoms with van der Waals surface area (Å²) in [5.41, 5.74) is 2.62. The summed E-state index contributed by atoms with van der Waals surface area (Å²) in [4.78, 5) is 14.5. The predicted octanol–water partition coefficient (Wildman–Crippen LogP) is 3.94. The van der Waals surface area contributed by atoms with E-state index in [0.717, 1.165) is 25.9 Å². The van der Waals surface area contributed by atoms with Gasteiger partial charge in [-0.05, 0) is 42.9 Å². The predicted molar refractivity (Wildman–Crippen MR) is 99.5 cm³/mol. The molecule has 1 amide bonds. The summed E-state index contributed by atoms with van der Waals surface area (Å²) in [6, 6.07) is 9.32. The minimum absolute atomic E-state index is 0. The molecule has 0 spiro atoms. The van der Waals surface area contributed by atoms with Gasteiger partial charge in [-0.2, -0.15) is 0 Å². The molecule has 1 aromatic rings. The van der Waals surface area contributed by atoms with E-state index >= 15 is 0 Å². The molecule has 23 heavy (non-hydrogen) atoms. The molecule has 1 fully saturated rings. The van der Waals surface area contributed by atoms with Gasteiger partial charge in [0.2, 0.25) is 5.91 Å². The van der Waals surface area contributed by atoms with Crippen LogP contribution in [0.5, 0.6) is 0 Å². The number of likely N-dealkylation sites (tertiary alicyclic amines) is 1. The van der Waals surface area contributed by atoms with Crippen LogP contribution in [-0.4, -0.2) is 37.0 Å². The van der Waals surface area contributed by atoms with Crippen molar-refractivity contribution in [1.82, 2.24) is 10.2 Å². The summed E-state index contributed by atoms with van der Waals surface area (Å²) in [6.07, 6.45) is 2.75. The van der Waals surface area contributed by atoms with Crippen molar-refractivity contribution in [2.45, 2.75) is 57.9 Å². The minimum Gasteiger partial charge on any atom is -0.343 e. The maximum atomic E-state index is 12.5. The SMILES string of the molecule is CNC1CCN(C(=O)CC(C)c2ccc(C(C)C)cc2)CC1.Cl. The molecule has 0 aliphatic carbocycles. The lowest BCUT2D eigenvalue weighted by Crippen LogP contribution is -2.44. The van der Waals surface area contributed by atoms with E-state index < -0.39 is 0 Å². The smallest absolute Gasteiger partial charge is 0.223 e. The first-order valence-electron chi connectivity index (χ1n) is 8.56. The first-order chi connectivity index (χ1) is 10.5. The molecule has 1 heterocycles. The molecule has 0 aromatic heterocycles. The van der Waals surface area contributed by atoms with Gasteiger partial charge in [0.15, 0.2) is 0 Å². The lowest BCUT2D eigenvalue weighted by Gasteiger charge is -2.32. The molecule has 1 unspecified atom stereocenters. The van der Waals surface area contributed by atoms with E-state index in [1.54, 1.807) is 0 Å².